The van der Waals surface area contributed by atoms with E-state index in [0.717, 1.165) is 33.0 Å². The molecule has 0 amide bonds. The molecule has 0 radical (unpaired) electrons. The van der Waals surface area contributed by atoms with Gasteiger partial charge in [0.1, 0.15) is 23.0 Å². The monoisotopic (exact) mass is 668 g/mol. The van der Waals surface area contributed by atoms with Crippen LogP contribution in [0.15, 0.2) is 155 Å². The lowest BCUT2D eigenvalue weighted by atomic mass is 9.78. The zero-order valence-electron chi connectivity index (χ0n) is 27.9. The van der Waals surface area contributed by atoms with E-state index in [1.807, 2.05) is 103 Å². The topological polar surface area (TPSA) is 110 Å². The van der Waals surface area contributed by atoms with Gasteiger partial charge >= 0.3 is 0 Å². The van der Waals surface area contributed by atoms with Gasteiger partial charge in [-0.15, -0.1) is 0 Å². The minimum absolute atomic E-state index is 0.247. The zero-order chi connectivity index (χ0) is 35.0. The van der Waals surface area contributed by atoms with E-state index in [2.05, 4.69) is 58.5 Å². The molecule has 2 heterocycles. The van der Waals surface area contributed by atoms with Crippen molar-refractivity contribution < 1.29 is 9.47 Å². The van der Waals surface area contributed by atoms with Crippen molar-refractivity contribution in [2.24, 2.45) is 0 Å². The van der Waals surface area contributed by atoms with Gasteiger partial charge in [-0.3, -0.25) is 9.59 Å². The molecule has 51 heavy (non-hydrogen) atoms. The number of H-pyrrole nitrogens is 2. The molecule has 0 fully saturated rings. The van der Waals surface area contributed by atoms with E-state index >= 15 is 0 Å². The van der Waals surface area contributed by atoms with Crippen LogP contribution < -0.4 is 20.6 Å². The number of aromatic amines is 2. The fourth-order valence-electron chi connectivity index (χ4n) is 6.37. The Kier molecular flexibility index (Phi) is 7.96. The predicted octanol–water partition coefficient (Wildman–Crippen LogP) is 9.40. The number of ether oxygens (including phenoxy) is 2. The molecular formula is C43H32N4O4. The molecule has 0 bridgehead atoms. The molecular weight excluding hydrogens is 636 g/mol. The summed E-state index contributed by atoms with van der Waals surface area (Å²) >= 11 is 0. The second kappa shape index (κ2) is 12.9. The molecule has 6 aromatic carbocycles. The first-order valence-electron chi connectivity index (χ1n) is 16.6. The maximum absolute atomic E-state index is 12.7. The SMILES string of the molecule is CC(C)(c1ccc(Oc2ccc3c(=O)[nH]nc(-c4ccccc4)c3c2)cc1)c1ccc(Oc2ccc3c(-c4ccccc4)n[nH]c(=O)c3c2)cc1. The van der Waals surface area contributed by atoms with Gasteiger partial charge in [-0.1, -0.05) is 98.8 Å². The van der Waals surface area contributed by atoms with E-state index in [9.17, 15) is 9.59 Å². The summed E-state index contributed by atoms with van der Waals surface area (Å²) in [6.45, 7) is 4.34. The molecule has 2 aromatic heterocycles. The van der Waals surface area contributed by atoms with E-state index in [4.69, 9.17) is 9.47 Å². The number of nitrogens with zero attached hydrogens (tertiary/aromatic N) is 2. The van der Waals surface area contributed by atoms with Crippen molar-refractivity contribution in [3.05, 3.63) is 177 Å². The number of nitrogens with one attached hydrogen (secondary N) is 2. The first-order valence-corrected chi connectivity index (χ1v) is 16.6. The maximum atomic E-state index is 12.7. The van der Waals surface area contributed by atoms with Crippen molar-refractivity contribution in [2.75, 3.05) is 0 Å². The second-order valence-electron chi connectivity index (χ2n) is 12.8. The molecule has 2 N–H and O–H groups in total. The number of hydrogen-bond donors (Lipinski definition) is 2. The third kappa shape index (κ3) is 6.15. The van der Waals surface area contributed by atoms with Gasteiger partial charge in [0.15, 0.2) is 0 Å². The lowest BCUT2D eigenvalue weighted by molar-refractivity contribution is 0.482. The summed E-state index contributed by atoms with van der Waals surface area (Å²) in [7, 11) is 0. The summed E-state index contributed by atoms with van der Waals surface area (Å²) in [5.41, 5.74) is 4.62. The van der Waals surface area contributed by atoms with Crippen molar-refractivity contribution in [1.29, 1.82) is 0 Å². The maximum Gasteiger partial charge on any atom is 0.272 e. The summed E-state index contributed by atoms with van der Waals surface area (Å²) in [6, 6.07) is 46.4. The molecule has 0 aliphatic carbocycles. The van der Waals surface area contributed by atoms with Gasteiger partial charge in [0, 0.05) is 27.3 Å². The molecule has 8 nitrogen and oxygen atoms in total. The predicted molar refractivity (Wildman–Crippen MR) is 201 cm³/mol. The minimum Gasteiger partial charge on any atom is -0.457 e. The van der Waals surface area contributed by atoms with Crippen LogP contribution in [0.4, 0.5) is 0 Å². The fraction of sp³-hybridized carbons (Fsp3) is 0.0698. The summed E-state index contributed by atoms with van der Waals surface area (Å²) in [5.74, 6) is 2.51. The number of aromatic nitrogens is 4. The van der Waals surface area contributed by atoms with Crippen LogP contribution in [-0.4, -0.2) is 20.4 Å². The molecule has 0 spiro atoms. The Hall–Kier alpha value is -6.80. The van der Waals surface area contributed by atoms with Crippen LogP contribution in [0.25, 0.3) is 44.1 Å². The van der Waals surface area contributed by atoms with Crippen molar-refractivity contribution in [1.82, 2.24) is 20.4 Å². The van der Waals surface area contributed by atoms with Crippen molar-refractivity contribution >= 4 is 21.5 Å². The van der Waals surface area contributed by atoms with E-state index in [1.165, 1.54) is 0 Å². The number of hydrogen-bond acceptors (Lipinski definition) is 6. The molecule has 0 atom stereocenters. The van der Waals surface area contributed by atoms with E-state index in [1.54, 1.807) is 18.2 Å². The highest BCUT2D eigenvalue weighted by atomic mass is 16.5. The third-order valence-electron chi connectivity index (χ3n) is 9.24. The van der Waals surface area contributed by atoms with Crippen molar-refractivity contribution in [2.45, 2.75) is 19.3 Å². The molecule has 8 rings (SSSR count). The van der Waals surface area contributed by atoms with Crippen LogP contribution in [0.1, 0.15) is 25.0 Å². The largest absolute Gasteiger partial charge is 0.457 e. The van der Waals surface area contributed by atoms with Gasteiger partial charge in [-0.2, -0.15) is 10.2 Å². The van der Waals surface area contributed by atoms with E-state index in [-0.39, 0.29) is 16.5 Å². The molecule has 8 aromatic rings. The Morgan fingerprint density at radius 3 is 1.37 bits per heavy atom. The molecule has 248 valence electrons. The highest BCUT2D eigenvalue weighted by molar-refractivity contribution is 5.95. The molecule has 0 saturated heterocycles. The lowest BCUT2D eigenvalue weighted by Gasteiger charge is -2.26. The highest BCUT2D eigenvalue weighted by Gasteiger charge is 2.23. The fourth-order valence-corrected chi connectivity index (χ4v) is 6.37. The summed E-state index contributed by atoms with van der Waals surface area (Å²) in [4.78, 5) is 25.2. The van der Waals surface area contributed by atoms with Gasteiger partial charge in [0.25, 0.3) is 11.1 Å². The van der Waals surface area contributed by atoms with Gasteiger partial charge in [-0.25, -0.2) is 10.2 Å². The van der Waals surface area contributed by atoms with Crippen LogP contribution >= 0.6 is 0 Å². The first-order chi connectivity index (χ1) is 24.8. The van der Waals surface area contributed by atoms with Crippen molar-refractivity contribution in [3.8, 4) is 45.5 Å². The summed E-state index contributed by atoms with van der Waals surface area (Å²) < 4.78 is 12.4. The van der Waals surface area contributed by atoms with E-state index in [0.29, 0.717) is 45.2 Å². The molecule has 0 aliphatic heterocycles. The highest BCUT2D eigenvalue weighted by Crippen LogP contribution is 2.36. The van der Waals surface area contributed by atoms with Gasteiger partial charge in [0.05, 0.1) is 22.2 Å². The van der Waals surface area contributed by atoms with Crippen LogP contribution in [0.5, 0.6) is 23.0 Å². The Morgan fingerprint density at radius 2 is 0.863 bits per heavy atom. The number of benzene rings is 6. The average molecular weight is 669 g/mol. The third-order valence-corrected chi connectivity index (χ3v) is 9.24. The van der Waals surface area contributed by atoms with E-state index < -0.39 is 0 Å². The summed E-state index contributed by atoms with van der Waals surface area (Å²) in [5, 5.41) is 16.4. The number of rotatable bonds is 8. The lowest BCUT2D eigenvalue weighted by Crippen LogP contribution is -2.18. The Morgan fingerprint density at radius 1 is 0.451 bits per heavy atom. The standard InChI is InChI=1S/C43H32N4O4/c1-43(2,29-13-17-31(18-14-29)50-33-22-24-36-37(25-33)40(45-46-41(36)48)28-11-7-4-8-12-28)30-15-19-32(20-16-30)51-34-21-23-35-38(26-34)42(49)47-44-39(35)27-9-5-3-6-10-27/h3-26H,1-2H3,(H,46,48)(H,47,49). The number of fused-ring (bicyclic) bond motifs is 2. The van der Waals surface area contributed by atoms with Crippen LogP contribution in [0.3, 0.4) is 0 Å². The van der Waals surface area contributed by atoms with Crippen LogP contribution in [-0.2, 0) is 5.41 Å². The Labute approximate surface area is 293 Å². The quantitative estimate of drug-likeness (QED) is 0.167. The minimum atomic E-state index is -0.311. The first kappa shape index (κ1) is 31.5. The zero-order valence-corrected chi connectivity index (χ0v) is 27.9. The molecule has 0 aliphatic rings. The van der Waals surface area contributed by atoms with Gasteiger partial charge < -0.3 is 9.47 Å². The Bertz CT molecular complexity index is 2630. The average Bonchev–Trinajstić information content (AvgIpc) is 3.16. The van der Waals surface area contributed by atoms with Crippen molar-refractivity contribution in [3.63, 3.8) is 0 Å². The molecule has 8 heteroatoms. The van der Waals surface area contributed by atoms with Crippen LogP contribution in [0.2, 0.25) is 0 Å². The Balaban J connectivity index is 0.991. The summed E-state index contributed by atoms with van der Waals surface area (Å²) in [6.07, 6.45) is 0. The van der Waals surface area contributed by atoms with Crippen LogP contribution in [0, 0.1) is 0 Å². The molecule has 0 unspecified atom stereocenters. The van der Waals surface area contributed by atoms with Gasteiger partial charge in [0.2, 0.25) is 0 Å². The normalized spacial score (nSPS) is 11.5. The smallest absolute Gasteiger partial charge is 0.272 e. The molecule has 0 saturated carbocycles. The van der Waals surface area contributed by atoms with Gasteiger partial charge in [-0.05, 0) is 71.8 Å². The second-order valence-corrected chi connectivity index (χ2v) is 12.8.